The number of carbonyl (C=O) groups is 1. The fraction of sp³-hybridized carbons (Fsp3) is 0.963. The number of hydrogen-bond acceptors (Lipinski definition) is 1. The van der Waals surface area contributed by atoms with E-state index >= 15 is 0 Å². The normalized spacial score (nSPS) is 14.6. The van der Waals surface area contributed by atoms with Crippen molar-refractivity contribution in [2.24, 2.45) is 11.3 Å². The van der Waals surface area contributed by atoms with Gasteiger partial charge in [-0.25, -0.2) is 0 Å². The zero-order chi connectivity index (χ0) is 21.8. The number of unbranched alkanes of at least 4 members (excludes halogenated alkanes) is 13. The van der Waals surface area contributed by atoms with Crippen LogP contribution in [0.4, 0.5) is 0 Å². The third kappa shape index (κ3) is 15.9. The molecule has 0 aliphatic heterocycles. The number of hydrogen-bond donors (Lipinski definition) is 1. The lowest BCUT2D eigenvalue weighted by Crippen LogP contribution is -2.30. The average molecular weight is 411 g/mol. The largest absolute Gasteiger partial charge is 0.481 e. The third-order valence-corrected chi connectivity index (χ3v) is 6.77. The summed E-state index contributed by atoms with van der Waals surface area (Å²) < 4.78 is 0. The minimum Gasteiger partial charge on any atom is -0.481 e. The highest BCUT2D eigenvalue weighted by Gasteiger charge is 2.34. The second kappa shape index (κ2) is 19.4. The van der Waals surface area contributed by atoms with Crippen molar-refractivity contribution in [2.45, 2.75) is 156 Å². The lowest BCUT2D eigenvalue weighted by molar-refractivity contribution is -0.149. The van der Waals surface area contributed by atoms with E-state index in [1.807, 2.05) is 6.92 Å². The van der Waals surface area contributed by atoms with Gasteiger partial charge in [0.2, 0.25) is 0 Å². The second-order valence-electron chi connectivity index (χ2n) is 9.86. The fourth-order valence-corrected chi connectivity index (χ4v) is 4.65. The summed E-state index contributed by atoms with van der Waals surface area (Å²) in [6.45, 7) is 8.79. The first-order chi connectivity index (χ1) is 14.0. The van der Waals surface area contributed by atoms with Gasteiger partial charge in [0.15, 0.2) is 0 Å². The van der Waals surface area contributed by atoms with Crippen molar-refractivity contribution in [3.05, 3.63) is 0 Å². The van der Waals surface area contributed by atoms with E-state index in [1.54, 1.807) is 0 Å². The van der Waals surface area contributed by atoms with Crippen molar-refractivity contribution in [3.8, 4) is 0 Å². The minimum atomic E-state index is -0.563. The summed E-state index contributed by atoms with van der Waals surface area (Å²) in [5.41, 5.74) is -0.525. The van der Waals surface area contributed by atoms with Gasteiger partial charge < -0.3 is 5.11 Å². The van der Waals surface area contributed by atoms with Gasteiger partial charge in [-0.1, -0.05) is 136 Å². The van der Waals surface area contributed by atoms with Crippen molar-refractivity contribution in [1.29, 1.82) is 0 Å². The molecule has 2 unspecified atom stereocenters. The fourth-order valence-electron chi connectivity index (χ4n) is 4.65. The van der Waals surface area contributed by atoms with Crippen molar-refractivity contribution >= 4 is 5.97 Å². The van der Waals surface area contributed by atoms with Crippen LogP contribution in [0.3, 0.4) is 0 Å². The smallest absolute Gasteiger partial charge is 0.309 e. The Hall–Kier alpha value is -0.530. The van der Waals surface area contributed by atoms with Gasteiger partial charge in [-0.3, -0.25) is 4.79 Å². The Morgan fingerprint density at radius 1 is 0.655 bits per heavy atom. The Bertz CT molecular complexity index is 366. The van der Waals surface area contributed by atoms with Gasteiger partial charge in [0, 0.05) is 0 Å². The molecule has 0 spiro atoms. The number of carboxylic acid groups (broad SMARTS) is 1. The summed E-state index contributed by atoms with van der Waals surface area (Å²) in [4.78, 5) is 12.1. The molecule has 0 aliphatic carbocycles. The molecule has 0 aliphatic rings. The molecule has 0 aromatic carbocycles. The summed E-state index contributed by atoms with van der Waals surface area (Å²) in [5, 5.41) is 9.99. The quantitative estimate of drug-likeness (QED) is 0.180. The van der Waals surface area contributed by atoms with E-state index in [0.29, 0.717) is 5.92 Å². The predicted molar refractivity (Wildman–Crippen MR) is 129 cm³/mol. The van der Waals surface area contributed by atoms with E-state index in [9.17, 15) is 9.90 Å². The van der Waals surface area contributed by atoms with Crippen LogP contribution in [0.1, 0.15) is 156 Å². The highest BCUT2D eigenvalue weighted by atomic mass is 16.4. The van der Waals surface area contributed by atoms with Crippen LogP contribution in [0.15, 0.2) is 0 Å². The molecule has 0 aromatic rings. The van der Waals surface area contributed by atoms with Crippen molar-refractivity contribution in [1.82, 2.24) is 0 Å². The average Bonchev–Trinajstić information content (AvgIpc) is 2.69. The lowest BCUT2D eigenvalue weighted by Gasteiger charge is -2.30. The number of carboxylic acids is 1. The summed E-state index contributed by atoms with van der Waals surface area (Å²) >= 11 is 0. The van der Waals surface area contributed by atoms with Gasteiger partial charge in [0.05, 0.1) is 5.41 Å². The SMILES string of the molecule is CCCCCCCCC(CCCCCCC)CC(C)(CCCCCCC)C(=O)O. The van der Waals surface area contributed by atoms with Crippen molar-refractivity contribution in [3.63, 3.8) is 0 Å². The molecule has 29 heavy (non-hydrogen) atoms. The van der Waals surface area contributed by atoms with Gasteiger partial charge in [-0.15, -0.1) is 0 Å². The van der Waals surface area contributed by atoms with E-state index in [2.05, 4.69) is 20.8 Å². The molecule has 1 N–H and O–H groups in total. The summed E-state index contributed by atoms with van der Waals surface area (Å²) in [6, 6.07) is 0. The first kappa shape index (κ1) is 28.5. The molecule has 0 rings (SSSR count). The standard InChI is InChI=1S/C27H54O2/c1-5-8-11-14-16-19-22-25(21-18-15-12-9-6-2)24-27(4,26(28)29)23-20-17-13-10-7-3/h25H,5-24H2,1-4H3,(H,28,29). The van der Waals surface area contributed by atoms with E-state index in [1.165, 1.54) is 109 Å². The van der Waals surface area contributed by atoms with Gasteiger partial charge in [-0.2, -0.15) is 0 Å². The van der Waals surface area contributed by atoms with Crippen molar-refractivity contribution < 1.29 is 9.90 Å². The number of rotatable bonds is 22. The maximum atomic E-state index is 12.1. The van der Waals surface area contributed by atoms with Crippen LogP contribution in [0.2, 0.25) is 0 Å². The zero-order valence-corrected chi connectivity index (χ0v) is 20.6. The van der Waals surface area contributed by atoms with E-state index < -0.39 is 11.4 Å². The second-order valence-corrected chi connectivity index (χ2v) is 9.86. The Balaban J connectivity index is 4.57. The molecular weight excluding hydrogens is 356 g/mol. The van der Waals surface area contributed by atoms with Crippen LogP contribution in [-0.4, -0.2) is 11.1 Å². The topological polar surface area (TPSA) is 37.3 Å². The molecule has 0 fully saturated rings. The molecule has 2 nitrogen and oxygen atoms in total. The maximum Gasteiger partial charge on any atom is 0.309 e. The Labute approximate surface area is 183 Å². The number of aliphatic carboxylic acids is 1. The first-order valence-electron chi connectivity index (χ1n) is 13.2. The van der Waals surface area contributed by atoms with Crippen LogP contribution in [-0.2, 0) is 4.79 Å². The predicted octanol–water partition coefficient (Wildman–Crippen LogP) is 9.56. The van der Waals surface area contributed by atoms with Crippen LogP contribution >= 0.6 is 0 Å². The molecule has 2 atom stereocenters. The van der Waals surface area contributed by atoms with Crippen LogP contribution in [0, 0.1) is 11.3 Å². The molecule has 174 valence electrons. The van der Waals surface area contributed by atoms with Gasteiger partial charge in [-0.05, 0) is 25.7 Å². The maximum absolute atomic E-state index is 12.1. The third-order valence-electron chi connectivity index (χ3n) is 6.77. The summed E-state index contributed by atoms with van der Waals surface area (Å²) in [7, 11) is 0. The monoisotopic (exact) mass is 410 g/mol. The van der Waals surface area contributed by atoms with Gasteiger partial charge >= 0.3 is 5.97 Å². The first-order valence-corrected chi connectivity index (χ1v) is 13.2. The van der Waals surface area contributed by atoms with Crippen LogP contribution in [0.5, 0.6) is 0 Å². The zero-order valence-electron chi connectivity index (χ0n) is 20.6. The molecule has 2 heteroatoms. The summed E-state index contributed by atoms with van der Waals surface area (Å²) in [6.07, 6.45) is 24.8. The van der Waals surface area contributed by atoms with Crippen molar-refractivity contribution in [2.75, 3.05) is 0 Å². The van der Waals surface area contributed by atoms with Crippen LogP contribution in [0.25, 0.3) is 0 Å². The molecule has 0 radical (unpaired) electrons. The molecular formula is C27H54O2. The minimum absolute atomic E-state index is 0.525. The Morgan fingerprint density at radius 3 is 1.45 bits per heavy atom. The van der Waals surface area contributed by atoms with Gasteiger partial charge in [0.25, 0.3) is 0 Å². The molecule has 0 saturated carbocycles. The molecule has 0 heterocycles. The molecule has 0 saturated heterocycles. The molecule has 0 bridgehead atoms. The summed E-state index contributed by atoms with van der Waals surface area (Å²) in [5.74, 6) is 0.0338. The highest BCUT2D eigenvalue weighted by Crippen LogP contribution is 2.37. The highest BCUT2D eigenvalue weighted by molar-refractivity contribution is 5.74. The molecule has 0 amide bonds. The Morgan fingerprint density at radius 2 is 1.03 bits per heavy atom. The van der Waals surface area contributed by atoms with E-state index in [4.69, 9.17) is 0 Å². The van der Waals surface area contributed by atoms with Crippen LogP contribution < -0.4 is 0 Å². The van der Waals surface area contributed by atoms with Gasteiger partial charge in [0.1, 0.15) is 0 Å². The molecule has 0 aromatic heterocycles. The lowest BCUT2D eigenvalue weighted by atomic mass is 9.74. The Kier molecular flexibility index (Phi) is 19.1. The van der Waals surface area contributed by atoms with E-state index in [-0.39, 0.29) is 0 Å². The van der Waals surface area contributed by atoms with E-state index in [0.717, 1.165) is 19.3 Å².